The summed E-state index contributed by atoms with van der Waals surface area (Å²) in [5.74, 6) is -0.284. The minimum Gasteiger partial charge on any atom is -0.338 e. The van der Waals surface area contributed by atoms with Gasteiger partial charge in [-0.05, 0) is 18.1 Å². The van der Waals surface area contributed by atoms with Gasteiger partial charge in [-0.1, -0.05) is 60.7 Å². The molecule has 148 valence electrons. The van der Waals surface area contributed by atoms with E-state index >= 15 is 0 Å². The molecule has 3 amide bonds. The Kier molecular flexibility index (Phi) is 7.17. The Labute approximate surface area is 166 Å². The van der Waals surface area contributed by atoms with Crippen molar-refractivity contribution in [3.63, 3.8) is 0 Å². The van der Waals surface area contributed by atoms with Crippen LogP contribution in [0, 0.1) is 0 Å². The van der Waals surface area contributed by atoms with Gasteiger partial charge < -0.3 is 5.32 Å². The summed E-state index contributed by atoms with van der Waals surface area (Å²) in [4.78, 5) is 29.3. The molecule has 0 bridgehead atoms. The van der Waals surface area contributed by atoms with Crippen molar-refractivity contribution in [3.8, 4) is 0 Å². The number of rotatable bonds is 6. The number of benzene rings is 2. The zero-order valence-electron chi connectivity index (χ0n) is 16.3. The van der Waals surface area contributed by atoms with Crippen LogP contribution >= 0.6 is 0 Å². The summed E-state index contributed by atoms with van der Waals surface area (Å²) in [6, 6.07) is 19.2. The quantitative estimate of drug-likeness (QED) is 0.808. The Morgan fingerprint density at radius 2 is 1.54 bits per heavy atom. The predicted octanol–water partition coefficient (Wildman–Crippen LogP) is 2.39. The average Bonchev–Trinajstić information content (AvgIpc) is 2.71. The lowest BCUT2D eigenvalue weighted by atomic mass is 10.0. The second-order valence-electron chi connectivity index (χ2n) is 6.96. The highest BCUT2D eigenvalue weighted by atomic mass is 16.2. The fourth-order valence-corrected chi connectivity index (χ4v) is 3.57. The van der Waals surface area contributed by atoms with Crippen molar-refractivity contribution in [2.24, 2.45) is 0 Å². The Hall–Kier alpha value is -2.70. The van der Waals surface area contributed by atoms with Gasteiger partial charge in [0.05, 0.1) is 0 Å². The fraction of sp³-hybridized carbons (Fsp3) is 0.364. The van der Waals surface area contributed by atoms with Crippen molar-refractivity contribution in [3.05, 3.63) is 71.8 Å². The summed E-state index contributed by atoms with van der Waals surface area (Å²) in [6.45, 7) is 6.53. The van der Waals surface area contributed by atoms with Crippen molar-refractivity contribution >= 4 is 11.9 Å². The van der Waals surface area contributed by atoms with Crippen LogP contribution in [-0.4, -0.2) is 54.5 Å². The standard InChI is InChI=1S/C22H28N4O2/c1-2-23-22(28)24-21(27)20(19-11-7-4-8-12-19)26-15-13-25(14-16-26)17-18-9-5-3-6-10-18/h3-12,20H,2,13-17H2,1H3,(H2,23,24,27,28)/t20-/m0/s1. The molecule has 1 saturated heterocycles. The molecule has 6 heteroatoms. The van der Waals surface area contributed by atoms with Crippen molar-refractivity contribution in [1.29, 1.82) is 0 Å². The van der Waals surface area contributed by atoms with Crippen molar-refractivity contribution in [2.75, 3.05) is 32.7 Å². The molecule has 2 N–H and O–H groups in total. The third kappa shape index (κ3) is 5.41. The number of hydrogen-bond donors (Lipinski definition) is 2. The van der Waals surface area contributed by atoms with Crippen LogP contribution in [0.3, 0.4) is 0 Å². The average molecular weight is 380 g/mol. The van der Waals surface area contributed by atoms with E-state index in [1.807, 2.05) is 43.3 Å². The van der Waals surface area contributed by atoms with E-state index in [0.29, 0.717) is 6.54 Å². The molecule has 1 aliphatic rings. The van der Waals surface area contributed by atoms with Gasteiger partial charge in [0.2, 0.25) is 5.91 Å². The lowest BCUT2D eigenvalue weighted by Crippen LogP contribution is -2.52. The molecule has 6 nitrogen and oxygen atoms in total. The summed E-state index contributed by atoms with van der Waals surface area (Å²) in [5.41, 5.74) is 2.20. The summed E-state index contributed by atoms with van der Waals surface area (Å²) in [6.07, 6.45) is 0. The van der Waals surface area contributed by atoms with Crippen LogP contribution in [0.1, 0.15) is 24.1 Å². The number of urea groups is 1. The van der Waals surface area contributed by atoms with Crippen LogP contribution in [0.2, 0.25) is 0 Å². The molecule has 28 heavy (non-hydrogen) atoms. The SMILES string of the molecule is CCNC(=O)NC(=O)[C@H](c1ccccc1)N1CCN(Cc2ccccc2)CC1. The molecule has 0 radical (unpaired) electrons. The van der Waals surface area contributed by atoms with Crippen molar-refractivity contribution < 1.29 is 9.59 Å². The van der Waals surface area contributed by atoms with Crippen LogP contribution in [-0.2, 0) is 11.3 Å². The molecule has 0 aromatic heterocycles. The maximum absolute atomic E-state index is 12.9. The molecule has 0 unspecified atom stereocenters. The molecule has 2 aromatic carbocycles. The summed E-state index contributed by atoms with van der Waals surface area (Å²) >= 11 is 0. The van der Waals surface area contributed by atoms with Crippen LogP contribution in [0.4, 0.5) is 4.79 Å². The van der Waals surface area contributed by atoms with Gasteiger partial charge in [0.25, 0.3) is 0 Å². The van der Waals surface area contributed by atoms with Gasteiger partial charge in [-0.15, -0.1) is 0 Å². The largest absolute Gasteiger partial charge is 0.338 e. The molecule has 2 aromatic rings. The summed E-state index contributed by atoms with van der Waals surface area (Å²) in [7, 11) is 0. The van der Waals surface area contributed by atoms with Gasteiger partial charge in [0.15, 0.2) is 0 Å². The highest BCUT2D eigenvalue weighted by Crippen LogP contribution is 2.23. The molecular formula is C22H28N4O2. The minimum absolute atomic E-state index is 0.284. The van der Waals surface area contributed by atoms with Crippen LogP contribution < -0.4 is 10.6 Å². The summed E-state index contributed by atoms with van der Waals surface area (Å²) in [5, 5.41) is 5.11. The molecule has 1 fully saturated rings. The van der Waals surface area contributed by atoms with Crippen molar-refractivity contribution in [1.82, 2.24) is 20.4 Å². The zero-order valence-corrected chi connectivity index (χ0v) is 16.3. The first-order valence-corrected chi connectivity index (χ1v) is 9.81. The molecule has 0 aliphatic carbocycles. The van der Waals surface area contributed by atoms with Gasteiger partial charge in [0.1, 0.15) is 6.04 Å². The van der Waals surface area contributed by atoms with Gasteiger partial charge in [-0.25, -0.2) is 4.79 Å². The second kappa shape index (κ2) is 10.0. The first kappa shape index (κ1) is 20.0. The van der Waals surface area contributed by atoms with Gasteiger partial charge in [-0.2, -0.15) is 0 Å². The van der Waals surface area contributed by atoms with E-state index < -0.39 is 12.1 Å². The fourth-order valence-electron chi connectivity index (χ4n) is 3.57. The number of nitrogens with zero attached hydrogens (tertiary/aromatic N) is 2. The third-order valence-electron chi connectivity index (χ3n) is 4.96. The predicted molar refractivity (Wildman–Crippen MR) is 110 cm³/mol. The van der Waals surface area contributed by atoms with Crippen LogP contribution in [0.5, 0.6) is 0 Å². The molecular weight excluding hydrogens is 352 g/mol. The van der Waals surface area contributed by atoms with E-state index in [1.54, 1.807) is 0 Å². The molecule has 0 saturated carbocycles. The number of hydrogen-bond acceptors (Lipinski definition) is 4. The van der Waals surface area contributed by atoms with Crippen LogP contribution in [0.25, 0.3) is 0 Å². The van der Waals surface area contributed by atoms with E-state index in [2.05, 4.69) is 44.7 Å². The number of piperazine rings is 1. The lowest BCUT2D eigenvalue weighted by Gasteiger charge is -2.38. The normalized spacial score (nSPS) is 16.3. The number of amides is 3. The Balaban J connectivity index is 1.66. The van der Waals surface area contributed by atoms with Gasteiger partial charge >= 0.3 is 6.03 Å². The van der Waals surface area contributed by atoms with Gasteiger partial charge in [-0.3, -0.25) is 19.9 Å². The van der Waals surface area contributed by atoms with Crippen LogP contribution in [0.15, 0.2) is 60.7 Å². The highest BCUT2D eigenvalue weighted by Gasteiger charge is 2.31. The maximum Gasteiger partial charge on any atom is 0.321 e. The lowest BCUT2D eigenvalue weighted by molar-refractivity contribution is -0.126. The number of carbonyl (C=O) groups is 2. The molecule has 1 aliphatic heterocycles. The topological polar surface area (TPSA) is 64.7 Å². The van der Waals surface area contributed by atoms with E-state index in [-0.39, 0.29) is 5.91 Å². The number of carbonyl (C=O) groups excluding carboxylic acids is 2. The monoisotopic (exact) mass is 380 g/mol. The smallest absolute Gasteiger partial charge is 0.321 e. The molecule has 0 spiro atoms. The van der Waals surface area contributed by atoms with Gasteiger partial charge in [0, 0.05) is 39.3 Å². The van der Waals surface area contributed by atoms with E-state index in [4.69, 9.17) is 0 Å². The summed E-state index contributed by atoms with van der Waals surface area (Å²) < 4.78 is 0. The Morgan fingerprint density at radius 1 is 0.929 bits per heavy atom. The van der Waals surface area contributed by atoms with E-state index in [0.717, 1.165) is 38.3 Å². The number of imide groups is 1. The molecule has 3 rings (SSSR count). The van der Waals surface area contributed by atoms with E-state index in [9.17, 15) is 9.59 Å². The van der Waals surface area contributed by atoms with E-state index in [1.165, 1.54) is 5.56 Å². The second-order valence-corrected chi connectivity index (χ2v) is 6.96. The number of nitrogens with one attached hydrogen (secondary N) is 2. The Bertz CT molecular complexity index is 759. The first-order chi connectivity index (χ1) is 13.7. The highest BCUT2D eigenvalue weighted by molar-refractivity contribution is 5.97. The van der Waals surface area contributed by atoms with Crippen molar-refractivity contribution in [2.45, 2.75) is 19.5 Å². The first-order valence-electron chi connectivity index (χ1n) is 9.81. The third-order valence-corrected chi connectivity index (χ3v) is 4.96. The molecule has 1 atom stereocenters. The maximum atomic E-state index is 12.9. The Morgan fingerprint density at radius 3 is 2.14 bits per heavy atom. The molecule has 1 heterocycles. The minimum atomic E-state index is -0.470. The zero-order chi connectivity index (χ0) is 19.8.